The molecule has 0 heterocycles. The van der Waals surface area contributed by atoms with Crippen LogP contribution in [0.2, 0.25) is 0 Å². The highest BCUT2D eigenvalue weighted by Gasteiger charge is 2.33. The Morgan fingerprint density at radius 1 is 0.571 bits per heavy atom. The van der Waals surface area contributed by atoms with Gasteiger partial charge in [-0.3, -0.25) is 0 Å². The Labute approximate surface area is 131 Å². The molecule has 0 aliphatic rings. The average molecular weight is 293 g/mol. The molecule has 3 aromatic carbocycles. The lowest BCUT2D eigenvalue weighted by Gasteiger charge is -2.29. The summed E-state index contributed by atoms with van der Waals surface area (Å²) < 4.78 is 0. The van der Waals surface area contributed by atoms with E-state index in [1.165, 1.54) is 5.56 Å². The molecule has 104 valence electrons. The van der Waals surface area contributed by atoms with E-state index in [2.05, 4.69) is 55.5 Å². The van der Waals surface area contributed by atoms with Gasteiger partial charge in [0.1, 0.15) is 4.87 Å². The Bertz CT molecular complexity index is 660. The van der Waals surface area contributed by atoms with Crippen LogP contribution in [0.3, 0.4) is 0 Å². The van der Waals surface area contributed by atoms with Crippen LogP contribution in [0.4, 0.5) is 0 Å². The van der Waals surface area contributed by atoms with E-state index in [9.17, 15) is 0 Å². The molecule has 0 N–H and O–H groups in total. The van der Waals surface area contributed by atoms with Crippen LogP contribution in [-0.4, -0.2) is 0 Å². The third-order valence-electron chi connectivity index (χ3n) is 3.79. The quantitative estimate of drug-likeness (QED) is 0.440. The van der Waals surface area contributed by atoms with Gasteiger partial charge in [0, 0.05) is 0 Å². The van der Waals surface area contributed by atoms with Crippen molar-refractivity contribution in [1.29, 1.82) is 0 Å². The normalized spacial score (nSPS) is 11.3. The largest absolute Gasteiger partial charge is 0.119 e. The van der Waals surface area contributed by atoms with E-state index in [0.29, 0.717) is 0 Å². The minimum Gasteiger partial charge on any atom is -0.104 e. The zero-order valence-corrected chi connectivity index (χ0v) is 12.7. The molecule has 0 spiro atoms. The zero-order valence-electron chi connectivity index (χ0n) is 12.0. The third-order valence-corrected chi connectivity index (χ3v) is 4.45. The van der Waals surface area contributed by atoms with Crippen LogP contribution < -0.4 is 0 Å². The topological polar surface area (TPSA) is 0 Å². The number of halogens is 1. The summed E-state index contributed by atoms with van der Waals surface area (Å²) >= 11 is 7.17. The van der Waals surface area contributed by atoms with Crippen molar-refractivity contribution >= 4 is 11.6 Å². The van der Waals surface area contributed by atoms with E-state index in [-0.39, 0.29) is 0 Å². The maximum atomic E-state index is 7.17. The number of alkyl halides is 1. The molecule has 0 nitrogen and oxygen atoms in total. The van der Waals surface area contributed by atoms with Crippen molar-refractivity contribution in [2.75, 3.05) is 0 Å². The fourth-order valence-corrected chi connectivity index (χ4v) is 3.00. The summed E-state index contributed by atoms with van der Waals surface area (Å²) in [7, 11) is 0. The van der Waals surface area contributed by atoms with Gasteiger partial charge in [-0.15, -0.1) is 11.6 Å². The molecule has 0 saturated heterocycles. The van der Waals surface area contributed by atoms with Crippen LogP contribution in [0.15, 0.2) is 84.9 Å². The summed E-state index contributed by atoms with van der Waals surface area (Å²) in [6, 6.07) is 28.9. The van der Waals surface area contributed by atoms with Gasteiger partial charge in [-0.1, -0.05) is 90.5 Å². The molecule has 0 aliphatic heterocycles. The zero-order chi connectivity index (χ0) is 14.7. The van der Waals surface area contributed by atoms with E-state index >= 15 is 0 Å². The van der Waals surface area contributed by atoms with Crippen LogP contribution in [-0.2, 0) is 4.87 Å². The molecule has 0 amide bonds. The Morgan fingerprint density at radius 3 is 1.38 bits per heavy atom. The summed E-state index contributed by atoms with van der Waals surface area (Å²) in [5.41, 5.74) is 4.49. The molecule has 3 rings (SSSR count). The van der Waals surface area contributed by atoms with Crippen molar-refractivity contribution in [3.63, 3.8) is 0 Å². The molecule has 0 saturated carbocycles. The SMILES string of the molecule is Cc1ccc(C(Cl)(c2ccccc2)c2ccccc2)cc1. The van der Waals surface area contributed by atoms with Gasteiger partial charge in [0.15, 0.2) is 0 Å². The van der Waals surface area contributed by atoms with Crippen molar-refractivity contribution in [2.24, 2.45) is 0 Å². The second kappa shape index (κ2) is 5.75. The van der Waals surface area contributed by atoms with E-state index in [0.717, 1.165) is 16.7 Å². The number of rotatable bonds is 3. The predicted molar refractivity (Wildman–Crippen MR) is 89.8 cm³/mol. The van der Waals surface area contributed by atoms with E-state index < -0.39 is 4.87 Å². The lowest BCUT2D eigenvalue weighted by molar-refractivity contribution is 0.879. The van der Waals surface area contributed by atoms with Gasteiger partial charge in [-0.25, -0.2) is 0 Å². The van der Waals surface area contributed by atoms with Crippen molar-refractivity contribution in [2.45, 2.75) is 11.8 Å². The first kappa shape index (κ1) is 13.9. The molecule has 0 atom stereocenters. The second-order valence-electron chi connectivity index (χ2n) is 5.26. The summed E-state index contributed by atoms with van der Waals surface area (Å²) in [6.45, 7) is 2.09. The highest BCUT2D eigenvalue weighted by molar-refractivity contribution is 6.28. The fraction of sp³-hybridized carbons (Fsp3) is 0.100. The number of hydrogen-bond acceptors (Lipinski definition) is 0. The lowest BCUT2D eigenvalue weighted by Crippen LogP contribution is -2.22. The van der Waals surface area contributed by atoms with Crippen LogP contribution in [0.25, 0.3) is 0 Å². The summed E-state index contributed by atoms with van der Waals surface area (Å²) in [5, 5.41) is 0. The standard InChI is InChI=1S/C20H17Cl/c1-16-12-14-19(15-13-16)20(21,17-8-4-2-5-9-17)18-10-6-3-7-11-18/h2-15H,1H3. The van der Waals surface area contributed by atoms with Gasteiger partial charge in [0.05, 0.1) is 0 Å². The smallest absolute Gasteiger partial charge is 0.104 e. The number of benzene rings is 3. The van der Waals surface area contributed by atoms with Crippen LogP contribution in [0.1, 0.15) is 22.3 Å². The van der Waals surface area contributed by atoms with Crippen LogP contribution in [0, 0.1) is 6.92 Å². The third kappa shape index (κ3) is 2.59. The first-order valence-electron chi connectivity index (χ1n) is 7.08. The first-order valence-corrected chi connectivity index (χ1v) is 7.46. The monoisotopic (exact) mass is 292 g/mol. The maximum Gasteiger partial charge on any atom is 0.119 e. The summed E-state index contributed by atoms with van der Waals surface area (Å²) in [6.07, 6.45) is 0. The van der Waals surface area contributed by atoms with Gasteiger partial charge in [0.2, 0.25) is 0 Å². The molecular weight excluding hydrogens is 276 g/mol. The molecule has 3 aromatic rings. The summed E-state index contributed by atoms with van der Waals surface area (Å²) in [4.78, 5) is -0.657. The number of hydrogen-bond donors (Lipinski definition) is 0. The second-order valence-corrected chi connectivity index (χ2v) is 5.82. The molecule has 0 aliphatic carbocycles. The van der Waals surface area contributed by atoms with Gasteiger partial charge in [0.25, 0.3) is 0 Å². The van der Waals surface area contributed by atoms with E-state index in [1.54, 1.807) is 0 Å². The molecule has 0 fully saturated rings. The summed E-state index contributed by atoms with van der Waals surface area (Å²) in [5.74, 6) is 0. The first-order chi connectivity index (χ1) is 10.2. The van der Waals surface area contributed by atoms with Gasteiger partial charge in [-0.2, -0.15) is 0 Å². The Balaban J connectivity index is 2.23. The molecule has 0 aromatic heterocycles. The van der Waals surface area contributed by atoms with E-state index in [4.69, 9.17) is 11.6 Å². The van der Waals surface area contributed by atoms with Crippen molar-refractivity contribution in [1.82, 2.24) is 0 Å². The Morgan fingerprint density at radius 2 is 0.952 bits per heavy atom. The predicted octanol–water partition coefficient (Wildman–Crippen LogP) is 5.53. The van der Waals surface area contributed by atoms with Gasteiger partial charge in [-0.05, 0) is 23.6 Å². The van der Waals surface area contributed by atoms with Crippen molar-refractivity contribution in [3.8, 4) is 0 Å². The molecule has 21 heavy (non-hydrogen) atoms. The van der Waals surface area contributed by atoms with E-state index in [1.807, 2.05) is 36.4 Å². The van der Waals surface area contributed by atoms with Crippen molar-refractivity contribution < 1.29 is 0 Å². The van der Waals surface area contributed by atoms with Crippen LogP contribution in [0.5, 0.6) is 0 Å². The highest BCUT2D eigenvalue weighted by atomic mass is 35.5. The molecule has 0 radical (unpaired) electrons. The van der Waals surface area contributed by atoms with Crippen LogP contribution >= 0.6 is 11.6 Å². The maximum absolute atomic E-state index is 7.17. The molecular formula is C20H17Cl. The van der Waals surface area contributed by atoms with Crippen molar-refractivity contribution in [3.05, 3.63) is 107 Å². The molecule has 1 heteroatoms. The highest BCUT2D eigenvalue weighted by Crippen LogP contribution is 2.42. The minimum absolute atomic E-state index is 0.657. The minimum atomic E-state index is -0.657. The van der Waals surface area contributed by atoms with Gasteiger partial charge >= 0.3 is 0 Å². The number of aryl methyl sites for hydroxylation is 1. The Hall–Kier alpha value is -2.05. The average Bonchev–Trinajstić information content (AvgIpc) is 2.56. The molecule has 0 unspecified atom stereocenters. The molecule has 0 bridgehead atoms. The fourth-order valence-electron chi connectivity index (χ4n) is 2.62. The lowest BCUT2D eigenvalue weighted by atomic mass is 9.84. The Kier molecular flexibility index (Phi) is 3.81. The van der Waals surface area contributed by atoms with Gasteiger partial charge < -0.3 is 0 Å².